The third-order valence-corrected chi connectivity index (χ3v) is 5.32. The van der Waals surface area contributed by atoms with E-state index < -0.39 is 27.9 Å². The van der Waals surface area contributed by atoms with Gasteiger partial charge in [0.1, 0.15) is 6.61 Å². The van der Waals surface area contributed by atoms with Crippen molar-refractivity contribution in [2.75, 3.05) is 6.61 Å². The quantitative estimate of drug-likeness (QED) is 0.746. The van der Waals surface area contributed by atoms with Crippen molar-refractivity contribution in [2.24, 2.45) is 0 Å². The second kappa shape index (κ2) is 6.17. The second-order valence-corrected chi connectivity index (χ2v) is 7.03. The summed E-state index contributed by atoms with van der Waals surface area (Å²) < 4.78 is 36.9. The zero-order valence-corrected chi connectivity index (χ0v) is 13.9. The van der Waals surface area contributed by atoms with Crippen LogP contribution in [0.5, 0.6) is 0 Å². The van der Waals surface area contributed by atoms with Crippen LogP contribution in [0.2, 0.25) is 0 Å². The first-order valence-electron chi connectivity index (χ1n) is 6.99. The molecule has 2 rings (SSSR count). The fourth-order valence-electron chi connectivity index (χ4n) is 2.20. The Hall–Kier alpha value is -2.12. The van der Waals surface area contributed by atoms with Gasteiger partial charge < -0.3 is 9.47 Å². The van der Waals surface area contributed by atoms with E-state index >= 15 is 0 Å². The zero-order chi connectivity index (χ0) is 17.3. The highest BCUT2D eigenvalue weighted by Gasteiger charge is 2.54. The van der Waals surface area contributed by atoms with Crippen molar-refractivity contribution in [2.45, 2.75) is 30.6 Å². The van der Waals surface area contributed by atoms with Crippen molar-refractivity contribution in [3.63, 3.8) is 0 Å². The number of sulfonamides is 1. The Bertz CT molecular complexity index is 725. The fraction of sp³-hybridized carbons (Fsp3) is 0.312. The van der Waals surface area contributed by atoms with E-state index in [0.717, 1.165) is 5.56 Å². The molecule has 23 heavy (non-hydrogen) atoms. The largest absolute Gasteiger partial charge is 0.443 e. The number of ether oxygens (including phenoxy) is 2. The molecule has 0 spiro atoms. The summed E-state index contributed by atoms with van der Waals surface area (Å²) in [6.07, 6.45) is 1.24. The van der Waals surface area contributed by atoms with Crippen molar-refractivity contribution in [1.82, 2.24) is 4.31 Å². The topological polar surface area (TPSA) is 72.9 Å². The molecular formula is C16H19NO5S. The predicted molar refractivity (Wildman–Crippen MR) is 85.2 cm³/mol. The third kappa shape index (κ3) is 3.02. The highest BCUT2D eigenvalue weighted by molar-refractivity contribution is 7.89. The van der Waals surface area contributed by atoms with E-state index in [2.05, 4.69) is 13.2 Å². The summed E-state index contributed by atoms with van der Waals surface area (Å²) in [7, 11) is -4.15. The minimum atomic E-state index is -4.15. The molecule has 124 valence electrons. The Balaban J connectivity index is 2.51. The lowest BCUT2D eigenvalue weighted by atomic mass is 10.2. The highest BCUT2D eigenvalue weighted by atomic mass is 32.2. The van der Waals surface area contributed by atoms with E-state index in [1.165, 1.54) is 24.3 Å². The van der Waals surface area contributed by atoms with E-state index in [0.29, 0.717) is 4.31 Å². The van der Waals surface area contributed by atoms with Gasteiger partial charge in [-0.1, -0.05) is 30.4 Å². The lowest BCUT2D eigenvalue weighted by Gasteiger charge is -2.33. The maximum atomic E-state index is 12.9. The maximum absolute atomic E-state index is 12.9. The number of carbonyl (C=O) groups excluding carboxylic acids is 1. The molecule has 2 unspecified atom stereocenters. The number of amides is 1. The second-order valence-electron chi connectivity index (χ2n) is 5.24. The molecule has 0 N–H and O–H groups in total. The number of hydrogen-bond donors (Lipinski definition) is 0. The Morgan fingerprint density at radius 1 is 1.35 bits per heavy atom. The summed E-state index contributed by atoms with van der Waals surface area (Å²) in [5, 5.41) is 0. The van der Waals surface area contributed by atoms with Gasteiger partial charge in [0.25, 0.3) is 10.0 Å². The third-order valence-electron chi connectivity index (χ3n) is 3.51. The monoisotopic (exact) mass is 337 g/mol. The molecule has 0 aliphatic carbocycles. The van der Waals surface area contributed by atoms with Crippen molar-refractivity contribution in [1.29, 1.82) is 0 Å². The predicted octanol–water partition coefficient (Wildman–Crippen LogP) is 2.61. The summed E-state index contributed by atoms with van der Waals surface area (Å²) in [5.41, 5.74) is -0.700. The van der Waals surface area contributed by atoms with Gasteiger partial charge in [0, 0.05) is 0 Å². The molecule has 1 fully saturated rings. The Kier molecular flexibility index (Phi) is 4.63. The van der Waals surface area contributed by atoms with Gasteiger partial charge in [0.15, 0.2) is 0 Å². The van der Waals surface area contributed by atoms with Gasteiger partial charge in [-0.3, -0.25) is 0 Å². The normalized spacial score (nSPS) is 22.5. The average molecular weight is 337 g/mol. The summed E-state index contributed by atoms with van der Waals surface area (Å²) in [4.78, 5) is 12.1. The van der Waals surface area contributed by atoms with Crippen LogP contribution in [0, 0.1) is 6.92 Å². The summed E-state index contributed by atoms with van der Waals surface area (Å²) >= 11 is 0. The maximum Gasteiger partial charge on any atom is 0.426 e. The van der Waals surface area contributed by atoms with Crippen molar-refractivity contribution in [3.8, 4) is 0 Å². The molecule has 1 heterocycles. The van der Waals surface area contributed by atoms with Crippen LogP contribution in [-0.4, -0.2) is 37.3 Å². The van der Waals surface area contributed by atoms with Crippen LogP contribution in [0.4, 0.5) is 4.79 Å². The minimum absolute atomic E-state index is 0.0250. The van der Waals surface area contributed by atoms with Crippen LogP contribution < -0.4 is 0 Å². The van der Waals surface area contributed by atoms with Gasteiger partial charge in [-0.25, -0.2) is 13.2 Å². The van der Waals surface area contributed by atoms with Gasteiger partial charge in [0.05, 0.1) is 11.0 Å². The molecule has 1 aromatic carbocycles. The molecule has 1 aliphatic rings. The van der Waals surface area contributed by atoms with Crippen LogP contribution in [-0.2, 0) is 19.5 Å². The first kappa shape index (κ1) is 17.2. The number of aryl methyl sites for hydroxylation is 1. The van der Waals surface area contributed by atoms with E-state index in [1.807, 2.05) is 6.92 Å². The fourth-order valence-corrected chi connectivity index (χ4v) is 3.71. The molecule has 0 bridgehead atoms. The molecule has 0 radical (unpaired) electrons. The zero-order valence-electron chi connectivity index (χ0n) is 13.1. The summed E-state index contributed by atoms with van der Waals surface area (Å²) in [5.74, 6) is 0. The van der Waals surface area contributed by atoms with Crippen LogP contribution in [0.1, 0.15) is 12.5 Å². The minimum Gasteiger partial charge on any atom is -0.443 e. The molecule has 2 atom stereocenters. The van der Waals surface area contributed by atoms with Crippen LogP contribution in [0.3, 0.4) is 0 Å². The summed E-state index contributed by atoms with van der Waals surface area (Å²) in [6.45, 7) is 10.4. The number of cyclic esters (lactones) is 1. The number of carbonyl (C=O) groups is 1. The molecule has 1 amide bonds. The van der Waals surface area contributed by atoms with E-state index in [1.54, 1.807) is 19.1 Å². The van der Waals surface area contributed by atoms with E-state index in [4.69, 9.17) is 9.47 Å². The Labute approximate surface area is 136 Å². The van der Waals surface area contributed by atoms with Gasteiger partial charge in [0.2, 0.25) is 5.72 Å². The van der Waals surface area contributed by atoms with Crippen LogP contribution >= 0.6 is 0 Å². The molecule has 1 aliphatic heterocycles. The molecule has 0 aromatic heterocycles. The highest BCUT2D eigenvalue weighted by Crippen LogP contribution is 2.34. The lowest BCUT2D eigenvalue weighted by Crippen LogP contribution is -2.52. The first-order valence-corrected chi connectivity index (χ1v) is 8.43. The van der Waals surface area contributed by atoms with Gasteiger partial charge in [-0.2, -0.15) is 4.31 Å². The number of hydrogen-bond acceptors (Lipinski definition) is 5. The van der Waals surface area contributed by atoms with Crippen molar-refractivity contribution < 1.29 is 22.7 Å². The van der Waals surface area contributed by atoms with Crippen molar-refractivity contribution >= 4 is 16.1 Å². The number of rotatable bonds is 6. The van der Waals surface area contributed by atoms with E-state index in [9.17, 15) is 13.2 Å². The number of benzene rings is 1. The molecular weight excluding hydrogens is 318 g/mol. The lowest BCUT2D eigenvalue weighted by molar-refractivity contribution is -0.0790. The molecule has 6 nitrogen and oxygen atoms in total. The molecule has 1 aromatic rings. The smallest absolute Gasteiger partial charge is 0.426 e. The van der Waals surface area contributed by atoms with Gasteiger partial charge in [-0.15, -0.1) is 6.58 Å². The van der Waals surface area contributed by atoms with Crippen LogP contribution in [0.25, 0.3) is 0 Å². The Morgan fingerprint density at radius 3 is 2.48 bits per heavy atom. The first-order chi connectivity index (χ1) is 10.8. The SMILES string of the molecule is C=CC(C)OC1(C=C)COC(=O)N1S(=O)(=O)c1ccc(C)cc1. The molecule has 7 heteroatoms. The summed E-state index contributed by atoms with van der Waals surface area (Å²) in [6, 6.07) is 6.16. The number of nitrogens with zero attached hydrogens (tertiary/aromatic N) is 1. The van der Waals surface area contributed by atoms with E-state index in [-0.39, 0.29) is 11.5 Å². The average Bonchev–Trinajstić information content (AvgIpc) is 2.85. The van der Waals surface area contributed by atoms with Gasteiger partial charge in [-0.05, 0) is 32.1 Å². The van der Waals surface area contributed by atoms with Gasteiger partial charge >= 0.3 is 6.09 Å². The molecule has 0 saturated carbocycles. The van der Waals surface area contributed by atoms with Crippen molar-refractivity contribution in [3.05, 3.63) is 55.1 Å². The molecule has 1 saturated heterocycles. The Morgan fingerprint density at radius 2 is 1.96 bits per heavy atom. The standard InChI is InChI=1S/C16H19NO5S/c1-5-13(4)22-16(6-2)11-21-15(18)17(16)23(19,20)14-9-7-12(3)8-10-14/h5-10,13H,1-2,11H2,3-4H3. The van der Waals surface area contributed by atoms with Crippen LogP contribution in [0.15, 0.2) is 54.5 Å².